The van der Waals surface area contributed by atoms with E-state index >= 15 is 0 Å². The van der Waals surface area contributed by atoms with Crippen LogP contribution in [0.15, 0.2) is 12.2 Å². The summed E-state index contributed by atoms with van der Waals surface area (Å²) in [6, 6.07) is 0. The molecular formula is C15H23NO4. The third-order valence-electron chi connectivity index (χ3n) is 4.19. The second kappa shape index (κ2) is 4.79. The molecule has 20 heavy (non-hydrogen) atoms. The summed E-state index contributed by atoms with van der Waals surface area (Å²) < 4.78 is 10.2. The summed E-state index contributed by atoms with van der Waals surface area (Å²) in [5, 5.41) is 2.90. The molecule has 0 saturated heterocycles. The fourth-order valence-electron chi connectivity index (χ4n) is 3.33. The number of hydrogen-bond acceptors (Lipinski definition) is 4. The van der Waals surface area contributed by atoms with Crippen molar-refractivity contribution in [3.63, 3.8) is 0 Å². The van der Waals surface area contributed by atoms with Crippen LogP contribution in [0.5, 0.6) is 0 Å². The molecule has 1 N–H and O–H groups in total. The topological polar surface area (TPSA) is 64.6 Å². The third-order valence-corrected chi connectivity index (χ3v) is 4.19. The maximum Gasteiger partial charge on any atom is 0.408 e. The molecule has 2 aliphatic carbocycles. The number of esters is 1. The molecule has 0 unspecified atom stereocenters. The predicted molar refractivity (Wildman–Crippen MR) is 74.0 cm³/mol. The van der Waals surface area contributed by atoms with E-state index in [9.17, 15) is 9.59 Å². The highest BCUT2D eigenvalue weighted by Crippen LogP contribution is 2.50. The van der Waals surface area contributed by atoms with Gasteiger partial charge in [-0.1, -0.05) is 12.2 Å². The molecule has 0 aromatic heterocycles. The highest BCUT2D eigenvalue weighted by molar-refractivity contribution is 5.78. The summed E-state index contributed by atoms with van der Waals surface area (Å²) >= 11 is 0. The molecule has 1 saturated carbocycles. The van der Waals surface area contributed by atoms with Crippen LogP contribution in [0.2, 0.25) is 0 Å². The van der Waals surface area contributed by atoms with Crippen molar-refractivity contribution in [3.05, 3.63) is 12.2 Å². The summed E-state index contributed by atoms with van der Waals surface area (Å²) in [5.74, 6) is -0.355. The summed E-state index contributed by atoms with van der Waals surface area (Å²) in [4.78, 5) is 24.1. The third kappa shape index (κ3) is 2.53. The van der Waals surface area contributed by atoms with E-state index in [1.807, 2.05) is 33.8 Å². The van der Waals surface area contributed by atoms with Crippen LogP contribution in [0.4, 0.5) is 4.79 Å². The number of fused-ring (bicyclic) bond motifs is 2. The normalized spacial score (nSPS) is 35.0. The number of carbonyl (C=O) groups is 2. The number of nitrogens with one attached hydrogen (secondary N) is 1. The molecule has 5 nitrogen and oxygen atoms in total. The van der Waals surface area contributed by atoms with E-state index < -0.39 is 17.2 Å². The molecule has 4 atom stereocenters. The molecule has 5 heteroatoms. The molecule has 0 aromatic rings. The summed E-state index contributed by atoms with van der Waals surface area (Å²) in [6.45, 7) is 7.33. The van der Waals surface area contributed by atoms with Crippen molar-refractivity contribution in [2.75, 3.05) is 7.11 Å². The van der Waals surface area contributed by atoms with Gasteiger partial charge < -0.3 is 14.8 Å². The number of ether oxygens (including phenoxy) is 2. The number of amides is 1. The van der Waals surface area contributed by atoms with E-state index in [1.165, 1.54) is 7.11 Å². The van der Waals surface area contributed by atoms with Crippen molar-refractivity contribution in [1.82, 2.24) is 5.32 Å². The van der Waals surface area contributed by atoms with Crippen molar-refractivity contribution in [3.8, 4) is 0 Å². The lowest BCUT2D eigenvalue weighted by molar-refractivity contribution is -0.148. The Hall–Kier alpha value is -1.52. The molecule has 2 rings (SSSR count). The van der Waals surface area contributed by atoms with Gasteiger partial charge in [0, 0.05) is 5.92 Å². The Morgan fingerprint density at radius 3 is 2.50 bits per heavy atom. The summed E-state index contributed by atoms with van der Waals surface area (Å²) in [5.41, 5.74) is -1.20. The Kier molecular flexibility index (Phi) is 3.56. The Bertz CT molecular complexity index is 451. The fraction of sp³-hybridized carbons (Fsp3) is 0.733. The van der Waals surface area contributed by atoms with Gasteiger partial charge in [0.05, 0.1) is 18.6 Å². The zero-order valence-electron chi connectivity index (χ0n) is 12.7. The van der Waals surface area contributed by atoms with Crippen LogP contribution in [0.3, 0.4) is 0 Å². The number of rotatable bonds is 2. The van der Waals surface area contributed by atoms with Crippen LogP contribution in [0, 0.1) is 17.8 Å². The van der Waals surface area contributed by atoms with Gasteiger partial charge >= 0.3 is 12.1 Å². The van der Waals surface area contributed by atoms with E-state index in [0.29, 0.717) is 0 Å². The van der Waals surface area contributed by atoms with Crippen molar-refractivity contribution in [2.45, 2.75) is 45.3 Å². The lowest BCUT2D eigenvalue weighted by Crippen LogP contribution is -2.57. The van der Waals surface area contributed by atoms with Crippen LogP contribution in [0.1, 0.15) is 34.1 Å². The summed E-state index contributed by atoms with van der Waals surface area (Å²) in [6.07, 6.45) is 4.49. The fourth-order valence-corrected chi connectivity index (χ4v) is 3.33. The van der Waals surface area contributed by atoms with Gasteiger partial charge in [-0.3, -0.25) is 4.79 Å². The first-order valence-electron chi connectivity index (χ1n) is 6.94. The van der Waals surface area contributed by atoms with Crippen LogP contribution in [0.25, 0.3) is 0 Å². The van der Waals surface area contributed by atoms with E-state index in [4.69, 9.17) is 9.47 Å². The number of carbonyl (C=O) groups excluding carboxylic acids is 2. The van der Waals surface area contributed by atoms with Gasteiger partial charge in [0.1, 0.15) is 5.60 Å². The molecule has 1 fully saturated rings. The van der Waals surface area contributed by atoms with Gasteiger partial charge in [0.25, 0.3) is 0 Å². The van der Waals surface area contributed by atoms with Crippen molar-refractivity contribution in [2.24, 2.45) is 17.8 Å². The molecule has 112 valence electrons. The molecule has 0 heterocycles. The molecule has 0 spiro atoms. The average molecular weight is 281 g/mol. The quantitative estimate of drug-likeness (QED) is 0.623. The highest BCUT2D eigenvalue weighted by atomic mass is 16.6. The van der Waals surface area contributed by atoms with Gasteiger partial charge in [-0.05, 0) is 40.0 Å². The molecule has 2 bridgehead atoms. The van der Waals surface area contributed by atoms with E-state index in [1.54, 1.807) is 0 Å². The zero-order valence-corrected chi connectivity index (χ0v) is 12.7. The maximum absolute atomic E-state index is 12.0. The van der Waals surface area contributed by atoms with Crippen LogP contribution in [-0.4, -0.2) is 30.3 Å². The molecular weight excluding hydrogens is 258 g/mol. The second-order valence-electron chi connectivity index (χ2n) is 6.80. The predicted octanol–water partition coefficient (Wildman–Crippen LogP) is 2.26. The van der Waals surface area contributed by atoms with E-state index in [-0.39, 0.29) is 23.7 Å². The zero-order chi connectivity index (χ0) is 15.1. The second-order valence-corrected chi connectivity index (χ2v) is 6.80. The first-order chi connectivity index (χ1) is 9.17. The number of allylic oxidation sites excluding steroid dienone is 1. The Balaban J connectivity index is 2.17. The van der Waals surface area contributed by atoms with E-state index in [0.717, 1.165) is 6.42 Å². The standard InChI is InChI=1S/C15H23NO4/c1-14(2,3)20-13(18)16-15(4)10-7-6-9(8-10)11(15)12(17)19-5/h6-7,9-11H,8H2,1-5H3,(H,16,18)/t9-,10+,11+,15+/m1/s1. The van der Waals surface area contributed by atoms with Crippen LogP contribution < -0.4 is 5.32 Å². The van der Waals surface area contributed by atoms with Crippen molar-refractivity contribution < 1.29 is 19.1 Å². The minimum absolute atomic E-state index is 0.132. The minimum atomic E-state index is -0.644. The number of alkyl carbamates (subject to hydrolysis) is 1. The lowest BCUT2D eigenvalue weighted by Gasteiger charge is -2.38. The molecule has 0 radical (unpaired) electrons. The number of hydrogen-bond donors (Lipinski definition) is 1. The summed E-state index contributed by atoms with van der Waals surface area (Å²) in [7, 11) is 1.38. The van der Waals surface area contributed by atoms with Gasteiger partial charge in [-0.15, -0.1) is 0 Å². The smallest absolute Gasteiger partial charge is 0.408 e. The largest absolute Gasteiger partial charge is 0.469 e. The van der Waals surface area contributed by atoms with Gasteiger partial charge in [-0.2, -0.15) is 0 Å². The number of methoxy groups -OCH3 is 1. The first kappa shape index (κ1) is 14.9. The monoisotopic (exact) mass is 281 g/mol. The molecule has 2 aliphatic rings. The lowest BCUT2D eigenvalue weighted by atomic mass is 9.77. The molecule has 0 aromatic carbocycles. The SMILES string of the molecule is COC(=O)[C@@H]1[C@@H]2C=C[C@@H](C2)[C@]1(C)NC(=O)OC(C)(C)C. The van der Waals surface area contributed by atoms with Gasteiger partial charge in [-0.25, -0.2) is 4.79 Å². The Labute approximate surface area is 119 Å². The van der Waals surface area contributed by atoms with Crippen LogP contribution >= 0.6 is 0 Å². The van der Waals surface area contributed by atoms with Crippen molar-refractivity contribution >= 4 is 12.1 Å². The maximum atomic E-state index is 12.0. The Morgan fingerprint density at radius 1 is 1.30 bits per heavy atom. The Morgan fingerprint density at radius 2 is 1.95 bits per heavy atom. The van der Waals surface area contributed by atoms with Crippen molar-refractivity contribution in [1.29, 1.82) is 0 Å². The first-order valence-corrected chi connectivity index (χ1v) is 6.94. The highest BCUT2D eigenvalue weighted by Gasteiger charge is 2.58. The van der Waals surface area contributed by atoms with Crippen LogP contribution in [-0.2, 0) is 14.3 Å². The van der Waals surface area contributed by atoms with E-state index in [2.05, 4.69) is 11.4 Å². The molecule has 1 amide bonds. The van der Waals surface area contributed by atoms with Gasteiger partial charge in [0.2, 0.25) is 0 Å². The molecule has 0 aliphatic heterocycles. The van der Waals surface area contributed by atoms with Gasteiger partial charge in [0.15, 0.2) is 0 Å². The average Bonchev–Trinajstić information content (AvgIpc) is 2.84. The minimum Gasteiger partial charge on any atom is -0.469 e.